The number of rotatable bonds is 4. The molecule has 0 aromatic carbocycles. The van der Waals surface area contributed by atoms with Crippen LogP contribution in [0.3, 0.4) is 0 Å². The van der Waals surface area contributed by atoms with E-state index in [1.807, 2.05) is 6.92 Å². The molecule has 1 rings (SSSR count). The van der Waals surface area contributed by atoms with Crippen molar-refractivity contribution in [2.45, 2.75) is 19.4 Å². The molecule has 1 aromatic heterocycles. The van der Waals surface area contributed by atoms with E-state index in [1.165, 1.54) is 0 Å². The van der Waals surface area contributed by atoms with E-state index >= 15 is 0 Å². The summed E-state index contributed by atoms with van der Waals surface area (Å²) in [7, 11) is 0. The minimum absolute atomic E-state index is 0.209. The molecule has 0 saturated heterocycles. The van der Waals surface area contributed by atoms with Crippen LogP contribution in [0.1, 0.15) is 13.3 Å². The van der Waals surface area contributed by atoms with Gasteiger partial charge in [-0.2, -0.15) is 0 Å². The summed E-state index contributed by atoms with van der Waals surface area (Å²) in [6.45, 7) is 2.23. The number of thiazole rings is 1. The fraction of sp³-hybridized carbons (Fsp3) is 0.571. The predicted molar refractivity (Wildman–Crippen MR) is 54.6 cm³/mol. The topological polar surface area (TPSA) is 45.1 Å². The molecule has 68 valence electrons. The van der Waals surface area contributed by atoms with Gasteiger partial charge in [0.1, 0.15) is 0 Å². The van der Waals surface area contributed by atoms with Crippen LogP contribution in [-0.4, -0.2) is 22.7 Å². The second kappa shape index (κ2) is 4.79. The minimum atomic E-state index is 0.209. The van der Waals surface area contributed by atoms with Crippen molar-refractivity contribution in [3.63, 3.8) is 0 Å². The Morgan fingerprint density at radius 1 is 1.83 bits per heavy atom. The zero-order valence-electron chi connectivity index (χ0n) is 6.75. The number of hydrogen-bond donors (Lipinski definition) is 2. The van der Waals surface area contributed by atoms with E-state index in [0.717, 1.165) is 15.3 Å². The number of halogens is 1. The molecule has 2 N–H and O–H groups in total. The molecule has 0 saturated carbocycles. The van der Waals surface area contributed by atoms with Gasteiger partial charge in [0.25, 0.3) is 0 Å². The van der Waals surface area contributed by atoms with Crippen LogP contribution < -0.4 is 5.32 Å². The molecule has 0 unspecified atom stereocenters. The Hall–Kier alpha value is -0.130. The lowest BCUT2D eigenvalue weighted by Gasteiger charge is -2.09. The van der Waals surface area contributed by atoms with Crippen LogP contribution in [0.5, 0.6) is 0 Å². The summed E-state index contributed by atoms with van der Waals surface area (Å²) in [5.41, 5.74) is 0. The molecule has 1 atom stereocenters. The molecule has 0 spiro atoms. The fourth-order valence-electron chi connectivity index (χ4n) is 0.798. The van der Waals surface area contributed by atoms with Gasteiger partial charge in [0.15, 0.2) is 5.13 Å². The number of aliphatic hydroxyl groups is 1. The van der Waals surface area contributed by atoms with Crippen LogP contribution in [-0.2, 0) is 0 Å². The van der Waals surface area contributed by atoms with Crippen molar-refractivity contribution in [3.05, 3.63) is 9.98 Å². The second-order valence-electron chi connectivity index (χ2n) is 2.53. The van der Waals surface area contributed by atoms with Crippen LogP contribution in [0.25, 0.3) is 0 Å². The lowest BCUT2D eigenvalue weighted by atomic mass is 10.2. The molecule has 3 nitrogen and oxygen atoms in total. The van der Waals surface area contributed by atoms with Crippen molar-refractivity contribution in [2.75, 3.05) is 11.9 Å². The molecule has 0 aliphatic heterocycles. The SMILES string of the molecule is C[C@H](CCO)Nc1ncc(Br)s1. The number of aromatic nitrogens is 1. The van der Waals surface area contributed by atoms with E-state index in [9.17, 15) is 0 Å². The third-order valence-electron chi connectivity index (χ3n) is 1.41. The van der Waals surface area contributed by atoms with Crippen molar-refractivity contribution < 1.29 is 5.11 Å². The molecule has 1 aromatic rings. The van der Waals surface area contributed by atoms with Gasteiger partial charge in [-0.25, -0.2) is 4.98 Å². The Balaban J connectivity index is 2.41. The maximum absolute atomic E-state index is 8.65. The summed E-state index contributed by atoms with van der Waals surface area (Å²) < 4.78 is 1.01. The zero-order chi connectivity index (χ0) is 8.97. The van der Waals surface area contributed by atoms with Crippen molar-refractivity contribution in [3.8, 4) is 0 Å². The number of anilines is 1. The van der Waals surface area contributed by atoms with Gasteiger partial charge in [0, 0.05) is 12.6 Å². The molecule has 0 aliphatic rings. The summed E-state index contributed by atoms with van der Waals surface area (Å²) in [6, 6.07) is 0.271. The summed E-state index contributed by atoms with van der Waals surface area (Å²) in [5.74, 6) is 0. The van der Waals surface area contributed by atoms with Crippen LogP contribution >= 0.6 is 27.3 Å². The highest BCUT2D eigenvalue weighted by Crippen LogP contribution is 2.23. The summed E-state index contributed by atoms with van der Waals surface area (Å²) in [5, 5.41) is 12.7. The van der Waals surface area contributed by atoms with E-state index in [0.29, 0.717) is 0 Å². The summed E-state index contributed by atoms with van der Waals surface area (Å²) in [6.07, 6.45) is 2.51. The molecule has 0 fully saturated rings. The first-order valence-corrected chi connectivity index (χ1v) is 5.32. The lowest BCUT2D eigenvalue weighted by molar-refractivity contribution is 0.282. The number of nitrogens with one attached hydrogen (secondary N) is 1. The first kappa shape index (κ1) is 9.95. The summed E-state index contributed by atoms with van der Waals surface area (Å²) >= 11 is 4.88. The van der Waals surface area contributed by atoms with Crippen LogP contribution in [0.4, 0.5) is 5.13 Å². The van der Waals surface area contributed by atoms with Crippen molar-refractivity contribution >= 4 is 32.4 Å². The number of hydrogen-bond acceptors (Lipinski definition) is 4. The first-order valence-electron chi connectivity index (χ1n) is 3.71. The van der Waals surface area contributed by atoms with Gasteiger partial charge in [0.2, 0.25) is 0 Å². The van der Waals surface area contributed by atoms with Crippen LogP contribution in [0, 0.1) is 0 Å². The van der Waals surface area contributed by atoms with Gasteiger partial charge in [-0.15, -0.1) is 0 Å². The van der Waals surface area contributed by atoms with Gasteiger partial charge in [-0.1, -0.05) is 11.3 Å². The number of nitrogens with zero attached hydrogens (tertiary/aromatic N) is 1. The van der Waals surface area contributed by atoms with E-state index in [1.54, 1.807) is 17.5 Å². The van der Waals surface area contributed by atoms with E-state index in [-0.39, 0.29) is 12.6 Å². The second-order valence-corrected chi connectivity index (χ2v) is 4.94. The van der Waals surface area contributed by atoms with E-state index in [4.69, 9.17) is 5.11 Å². The molecule has 0 radical (unpaired) electrons. The molecule has 5 heteroatoms. The lowest BCUT2D eigenvalue weighted by Crippen LogP contribution is -2.16. The van der Waals surface area contributed by atoms with Gasteiger partial charge < -0.3 is 10.4 Å². The van der Waals surface area contributed by atoms with Crippen LogP contribution in [0.2, 0.25) is 0 Å². The van der Waals surface area contributed by atoms with Gasteiger partial charge in [0.05, 0.1) is 9.98 Å². The average Bonchev–Trinajstić information content (AvgIpc) is 2.36. The molecular formula is C7H11BrN2OS. The smallest absolute Gasteiger partial charge is 0.183 e. The minimum Gasteiger partial charge on any atom is -0.396 e. The Kier molecular flexibility index (Phi) is 3.97. The third-order valence-corrected chi connectivity index (χ3v) is 2.82. The van der Waals surface area contributed by atoms with Gasteiger partial charge in [-0.05, 0) is 29.3 Å². The summed E-state index contributed by atoms with van der Waals surface area (Å²) in [4.78, 5) is 4.12. The fourth-order valence-corrected chi connectivity index (χ4v) is 2.02. The highest BCUT2D eigenvalue weighted by molar-refractivity contribution is 9.11. The molecule has 0 aliphatic carbocycles. The Labute approximate surface area is 84.0 Å². The Morgan fingerprint density at radius 2 is 2.58 bits per heavy atom. The highest BCUT2D eigenvalue weighted by Gasteiger charge is 2.03. The van der Waals surface area contributed by atoms with Crippen LogP contribution in [0.15, 0.2) is 9.98 Å². The van der Waals surface area contributed by atoms with E-state index in [2.05, 4.69) is 26.2 Å². The monoisotopic (exact) mass is 250 g/mol. The maximum atomic E-state index is 8.65. The predicted octanol–water partition coefficient (Wildman–Crippen LogP) is 2.09. The average molecular weight is 251 g/mol. The van der Waals surface area contributed by atoms with Gasteiger partial charge >= 0.3 is 0 Å². The maximum Gasteiger partial charge on any atom is 0.183 e. The standard InChI is InChI=1S/C7H11BrN2OS/c1-5(2-3-11)10-7-9-4-6(8)12-7/h4-5,11H,2-3H2,1H3,(H,9,10)/t5-/m1/s1. The molecular weight excluding hydrogens is 240 g/mol. The van der Waals surface area contributed by atoms with Crippen molar-refractivity contribution in [2.24, 2.45) is 0 Å². The van der Waals surface area contributed by atoms with Gasteiger partial charge in [-0.3, -0.25) is 0 Å². The number of aliphatic hydroxyl groups excluding tert-OH is 1. The Morgan fingerprint density at radius 3 is 3.08 bits per heavy atom. The molecule has 12 heavy (non-hydrogen) atoms. The normalized spacial score (nSPS) is 12.9. The third kappa shape index (κ3) is 3.08. The largest absolute Gasteiger partial charge is 0.396 e. The highest BCUT2D eigenvalue weighted by atomic mass is 79.9. The first-order chi connectivity index (χ1) is 5.72. The van der Waals surface area contributed by atoms with E-state index < -0.39 is 0 Å². The quantitative estimate of drug-likeness (QED) is 0.861. The molecule has 1 heterocycles. The molecule has 0 bridgehead atoms. The Bertz CT molecular complexity index is 241. The molecule has 0 amide bonds. The zero-order valence-corrected chi connectivity index (χ0v) is 9.15. The van der Waals surface area contributed by atoms with Crippen molar-refractivity contribution in [1.29, 1.82) is 0 Å². The van der Waals surface area contributed by atoms with Crippen molar-refractivity contribution in [1.82, 2.24) is 4.98 Å².